The summed E-state index contributed by atoms with van der Waals surface area (Å²) in [5.41, 5.74) is 2.09. The molecule has 1 aromatic rings. The molecule has 2 aliphatic rings. The predicted octanol–water partition coefficient (Wildman–Crippen LogP) is 2.37. The van der Waals surface area contributed by atoms with Crippen molar-refractivity contribution in [3.63, 3.8) is 0 Å². The fraction of sp³-hybridized carbons (Fsp3) is 0.529. The van der Waals surface area contributed by atoms with Crippen molar-refractivity contribution in [3.8, 4) is 0 Å². The van der Waals surface area contributed by atoms with Crippen molar-refractivity contribution in [1.82, 2.24) is 4.90 Å². The van der Waals surface area contributed by atoms with E-state index in [2.05, 4.69) is 6.07 Å². The van der Waals surface area contributed by atoms with E-state index in [-0.39, 0.29) is 11.8 Å². The van der Waals surface area contributed by atoms with Gasteiger partial charge < -0.3 is 4.90 Å². The molecule has 1 fully saturated rings. The molecule has 1 aromatic carbocycles. The molecular weight excluding hydrogens is 264 g/mol. The highest BCUT2D eigenvalue weighted by Crippen LogP contribution is 2.29. The van der Waals surface area contributed by atoms with Gasteiger partial charge in [-0.05, 0) is 44.2 Å². The minimum atomic E-state index is -0.408. The molecule has 0 spiro atoms. The molecule has 21 heavy (non-hydrogen) atoms. The summed E-state index contributed by atoms with van der Waals surface area (Å²) in [6, 6.07) is 7.56. The minimum absolute atomic E-state index is 0.0694. The van der Waals surface area contributed by atoms with Crippen LogP contribution in [0.5, 0.6) is 0 Å². The lowest BCUT2D eigenvalue weighted by atomic mass is 10.1. The third-order valence-electron chi connectivity index (χ3n) is 4.52. The highest BCUT2D eigenvalue weighted by Gasteiger charge is 2.33. The first kappa shape index (κ1) is 14.1. The summed E-state index contributed by atoms with van der Waals surface area (Å²) in [4.78, 5) is 28.8. The second kappa shape index (κ2) is 5.88. The number of anilines is 1. The van der Waals surface area contributed by atoms with Gasteiger partial charge in [-0.1, -0.05) is 18.2 Å². The van der Waals surface area contributed by atoms with E-state index in [0.717, 1.165) is 44.5 Å². The van der Waals surface area contributed by atoms with Crippen LogP contribution in [0.4, 0.5) is 5.69 Å². The number of carbonyl (C=O) groups is 2. The van der Waals surface area contributed by atoms with E-state index in [1.807, 2.05) is 30.0 Å². The van der Waals surface area contributed by atoms with Gasteiger partial charge in [0.25, 0.3) is 0 Å². The molecule has 112 valence electrons. The largest absolute Gasteiger partial charge is 0.341 e. The Hall–Kier alpha value is -1.84. The van der Waals surface area contributed by atoms with Crippen molar-refractivity contribution >= 4 is 17.5 Å². The molecule has 4 nitrogen and oxygen atoms in total. The van der Waals surface area contributed by atoms with Gasteiger partial charge >= 0.3 is 0 Å². The number of benzene rings is 1. The number of aryl methyl sites for hydroxylation is 1. The summed E-state index contributed by atoms with van der Waals surface area (Å²) >= 11 is 0. The Balaban J connectivity index is 1.91. The fourth-order valence-electron chi connectivity index (χ4n) is 3.38. The Morgan fingerprint density at radius 1 is 1.10 bits per heavy atom. The van der Waals surface area contributed by atoms with Gasteiger partial charge in [0.15, 0.2) is 0 Å². The van der Waals surface area contributed by atoms with Gasteiger partial charge in [0.2, 0.25) is 11.8 Å². The first-order valence-electron chi connectivity index (χ1n) is 7.87. The van der Waals surface area contributed by atoms with Crippen LogP contribution in [0, 0.1) is 0 Å². The van der Waals surface area contributed by atoms with Gasteiger partial charge in [-0.15, -0.1) is 0 Å². The van der Waals surface area contributed by atoms with E-state index in [1.54, 1.807) is 4.90 Å². The molecule has 2 amide bonds. The zero-order valence-corrected chi connectivity index (χ0v) is 12.5. The Kier molecular flexibility index (Phi) is 3.95. The lowest BCUT2D eigenvalue weighted by Crippen LogP contribution is -2.49. The number of nitrogens with zero attached hydrogens (tertiary/aromatic N) is 2. The molecule has 0 bridgehead atoms. The monoisotopic (exact) mass is 286 g/mol. The first-order chi connectivity index (χ1) is 10.2. The maximum atomic E-state index is 12.6. The smallest absolute Gasteiger partial charge is 0.245 e. The van der Waals surface area contributed by atoms with Crippen LogP contribution in [0.3, 0.4) is 0 Å². The second-order valence-corrected chi connectivity index (χ2v) is 5.95. The van der Waals surface area contributed by atoms with E-state index in [0.29, 0.717) is 6.42 Å². The third-order valence-corrected chi connectivity index (χ3v) is 4.52. The number of para-hydroxylation sites is 1. The molecule has 4 heteroatoms. The number of hydrogen-bond donors (Lipinski definition) is 0. The van der Waals surface area contributed by atoms with Gasteiger partial charge in [-0.25, -0.2) is 0 Å². The average Bonchev–Trinajstić information content (AvgIpc) is 2.97. The highest BCUT2D eigenvalue weighted by atomic mass is 16.2. The van der Waals surface area contributed by atoms with E-state index in [9.17, 15) is 9.59 Å². The van der Waals surface area contributed by atoms with Crippen LogP contribution >= 0.6 is 0 Å². The van der Waals surface area contributed by atoms with E-state index in [1.165, 1.54) is 5.56 Å². The number of rotatable bonds is 2. The van der Waals surface area contributed by atoms with Gasteiger partial charge in [-0.2, -0.15) is 0 Å². The molecule has 0 unspecified atom stereocenters. The topological polar surface area (TPSA) is 40.6 Å². The first-order valence-corrected chi connectivity index (χ1v) is 7.87. The Morgan fingerprint density at radius 3 is 2.57 bits per heavy atom. The summed E-state index contributed by atoms with van der Waals surface area (Å²) in [5, 5.41) is 0. The zero-order chi connectivity index (χ0) is 14.8. The van der Waals surface area contributed by atoms with Crippen LogP contribution < -0.4 is 4.90 Å². The van der Waals surface area contributed by atoms with Crippen molar-refractivity contribution in [2.75, 3.05) is 18.0 Å². The van der Waals surface area contributed by atoms with Crippen molar-refractivity contribution in [1.29, 1.82) is 0 Å². The Bertz CT molecular complexity index is 549. The molecule has 3 rings (SSSR count). The van der Waals surface area contributed by atoms with Crippen LogP contribution in [-0.2, 0) is 16.0 Å². The van der Waals surface area contributed by atoms with Crippen LogP contribution in [0.25, 0.3) is 0 Å². The maximum Gasteiger partial charge on any atom is 0.245 e. The number of fused-ring (bicyclic) bond motifs is 1. The van der Waals surface area contributed by atoms with Crippen molar-refractivity contribution < 1.29 is 9.59 Å². The normalized spacial score (nSPS) is 20.1. The molecule has 1 atom stereocenters. The molecule has 1 saturated heterocycles. The number of carbonyl (C=O) groups excluding carboxylic acids is 2. The number of amides is 2. The van der Waals surface area contributed by atoms with Crippen molar-refractivity contribution in [3.05, 3.63) is 29.8 Å². The highest BCUT2D eigenvalue weighted by molar-refractivity contribution is 6.01. The van der Waals surface area contributed by atoms with Gasteiger partial charge in [0, 0.05) is 25.2 Å². The average molecular weight is 286 g/mol. The van der Waals surface area contributed by atoms with Crippen LogP contribution in [0.1, 0.15) is 38.2 Å². The van der Waals surface area contributed by atoms with Gasteiger partial charge in [0.05, 0.1) is 0 Å². The van der Waals surface area contributed by atoms with Crippen LogP contribution in [0.2, 0.25) is 0 Å². The summed E-state index contributed by atoms with van der Waals surface area (Å²) < 4.78 is 0. The molecular formula is C17H22N2O2. The summed E-state index contributed by atoms with van der Waals surface area (Å²) in [7, 11) is 0. The quantitative estimate of drug-likeness (QED) is 0.837. The minimum Gasteiger partial charge on any atom is -0.341 e. The molecule has 0 aromatic heterocycles. The number of likely N-dealkylation sites (tertiary alicyclic amines) is 1. The molecule has 0 saturated carbocycles. The molecule has 0 radical (unpaired) electrons. The fourth-order valence-corrected chi connectivity index (χ4v) is 3.38. The standard InChI is InChI=1S/C17H22N2O2/c1-13(17(21)18-11-4-5-12-18)19-15-9-3-2-7-14(15)8-6-10-16(19)20/h2-3,7,9,13H,4-6,8,10-12H2,1H3/t13-/m0/s1. The lowest BCUT2D eigenvalue weighted by molar-refractivity contribution is -0.133. The van der Waals surface area contributed by atoms with Crippen molar-refractivity contribution in [2.45, 2.75) is 45.1 Å². The van der Waals surface area contributed by atoms with Gasteiger partial charge in [0.1, 0.15) is 6.04 Å². The second-order valence-electron chi connectivity index (χ2n) is 5.95. The summed E-state index contributed by atoms with van der Waals surface area (Å²) in [6.07, 6.45) is 4.43. The molecule has 0 N–H and O–H groups in total. The molecule has 0 aliphatic carbocycles. The van der Waals surface area contributed by atoms with Crippen LogP contribution in [0.15, 0.2) is 24.3 Å². The Morgan fingerprint density at radius 2 is 1.81 bits per heavy atom. The number of hydrogen-bond acceptors (Lipinski definition) is 2. The van der Waals surface area contributed by atoms with E-state index >= 15 is 0 Å². The Labute approximate surface area is 125 Å². The molecule has 2 aliphatic heterocycles. The summed E-state index contributed by atoms with van der Waals surface area (Å²) in [6.45, 7) is 3.51. The summed E-state index contributed by atoms with van der Waals surface area (Å²) in [5.74, 6) is 0.151. The van der Waals surface area contributed by atoms with Crippen molar-refractivity contribution in [2.24, 2.45) is 0 Å². The maximum absolute atomic E-state index is 12.6. The van der Waals surface area contributed by atoms with Crippen LogP contribution in [-0.4, -0.2) is 35.8 Å². The van der Waals surface area contributed by atoms with Gasteiger partial charge in [-0.3, -0.25) is 14.5 Å². The van der Waals surface area contributed by atoms with E-state index < -0.39 is 6.04 Å². The third kappa shape index (κ3) is 2.67. The predicted molar refractivity (Wildman–Crippen MR) is 82.1 cm³/mol. The van der Waals surface area contributed by atoms with E-state index in [4.69, 9.17) is 0 Å². The SMILES string of the molecule is C[C@@H](C(=O)N1CCCC1)N1C(=O)CCCc2ccccc21. The molecule has 2 heterocycles. The zero-order valence-electron chi connectivity index (χ0n) is 12.5. The lowest BCUT2D eigenvalue weighted by Gasteiger charge is -2.31.